The van der Waals surface area contributed by atoms with Crippen molar-refractivity contribution in [3.05, 3.63) is 59.2 Å². The minimum Gasteiger partial charge on any atom is -0.0613 e. The van der Waals surface area contributed by atoms with Crippen molar-refractivity contribution in [3.8, 4) is 0 Å². The number of benzene rings is 3. The van der Waals surface area contributed by atoms with E-state index in [1.165, 1.54) is 38.2 Å². The summed E-state index contributed by atoms with van der Waals surface area (Å²) in [6.45, 7) is 6.54. The van der Waals surface area contributed by atoms with Crippen LogP contribution in [-0.4, -0.2) is 0 Å². The van der Waals surface area contributed by atoms with E-state index in [0.29, 0.717) is 0 Å². The summed E-state index contributed by atoms with van der Waals surface area (Å²) in [5.41, 5.74) is 4.06. The van der Waals surface area contributed by atoms with E-state index in [1.54, 1.807) is 0 Å². The van der Waals surface area contributed by atoms with Gasteiger partial charge in [0.25, 0.3) is 0 Å². The molecule has 3 aromatic rings. The Labute approximate surface area is 102 Å². The van der Waals surface area contributed by atoms with Crippen molar-refractivity contribution < 1.29 is 0 Å². The summed E-state index contributed by atoms with van der Waals surface area (Å²) in [7, 11) is 0. The van der Waals surface area contributed by atoms with Gasteiger partial charge in [-0.3, -0.25) is 0 Å². The maximum atomic E-state index is 2.30. The molecule has 0 N–H and O–H groups in total. The summed E-state index contributed by atoms with van der Waals surface area (Å²) >= 11 is 0. The maximum Gasteiger partial charge on any atom is -0.0100 e. The first kappa shape index (κ1) is 10.3. The summed E-state index contributed by atoms with van der Waals surface area (Å²) in [5.74, 6) is 0. The van der Waals surface area contributed by atoms with Crippen molar-refractivity contribution >= 4 is 21.5 Å². The van der Waals surface area contributed by atoms with Gasteiger partial charge in [0.15, 0.2) is 0 Å². The Morgan fingerprint density at radius 1 is 0.706 bits per heavy atom. The Morgan fingerprint density at radius 2 is 1.53 bits per heavy atom. The fourth-order valence-corrected chi connectivity index (χ4v) is 2.77. The predicted molar refractivity (Wildman–Crippen MR) is 75.7 cm³/mol. The van der Waals surface area contributed by atoms with E-state index in [-0.39, 0.29) is 0 Å². The molecule has 3 rings (SSSR count). The van der Waals surface area contributed by atoms with Crippen LogP contribution in [0.4, 0.5) is 0 Å². The number of hydrogen-bond donors (Lipinski definition) is 0. The average molecular weight is 220 g/mol. The van der Waals surface area contributed by atoms with Crippen LogP contribution < -0.4 is 0 Å². The van der Waals surface area contributed by atoms with Crippen LogP contribution in [0.15, 0.2) is 42.5 Å². The first-order chi connectivity index (χ1) is 8.16. The number of aryl methyl sites for hydroxylation is 3. The lowest BCUT2D eigenvalue weighted by atomic mass is 9.94. The molecule has 84 valence electrons. The zero-order valence-corrected chi connectivity index (χ0v) is 10.5. The summed E-state index contributed by atoms with van der Waals surface area (Å²) in [6.07, 6.45) is 0. The van der Waals surface area contributed by atoms with Gasteiger partial charge in [0.05, 0.1) is 0 Å². The Balaban J connectivity index is 2.60. The summed E-state index contributed by atoms with van der Waals surface area (Å²) in [5, 5.41) is 5.49. The van der Waals surface area contributed by atoms with Gasteiger partial charge in [-0.25, -0.2) is 0 Å². The average Bonchev–Trinajstić information content (AvgIpc) is 2.28. The Hall–Kier alpha value is -1.82. The van der Waals surface area contributed by atoms with E-state index < -0.39 is 0 Å². The van der Waals surface area contributed by atoms with Crippen LogP contribution in [0, 0.1) is 20.8 Å². The molecule has 0 aliphatic rings. The third kappa shape index (κ3) is 1.52. The maximum absolute atomic E-state index is 2.30. The highest BCUT2D eigenvalue weighted by atomic mass is 14.1. The summed E-state index contributed by atoms with van der Waals surface area (Å²) in [6, 6.07) is 15.6. The molecule has 17 heavy (non-hydrogen) atoms. The molecular formula is C17H16. The number of rotatable bonds is 0. The summed E-state index contributed by atoms with van der Waals surface area (Å²) < 4.78 is 0. The smallest absolute Gasteiger partial charge is 0.0100 e. The fraction of sp³-hybridized carbons (Fsp3) is 0.176. The first-order valence-corrected chi connectivity index (χ1v) is 6.06. The van der Waals surface area contributed by atoms with Crippen molar-refractivity contribution in [2.75, 3.05) is 0 Å². The van der Waals surface area contributed by atoms with Crippen LogP contribution in [0.2, 0.25) is 0 Å². The predicted octanol–water partition coefficient (Wildman–Crippen LogP) is 4.92. The molecule has 0 atom stereocenters. The third-order valence-corrected chi connectivity index (χ3v) is 3.54. The molecule has 0 amide bonds. The minimum atomic E-state index is 1.32. The van der Waals surface area contributed by atoms with Crippen molar-refractivity contribution in [3.63, 3.8) is 0 Å². The molecule has 0 saturated heterocycles. The van der Waals surface area contributed by atoms with E-state index >= 15 is 0 Å². The molecule has 0 radical (unpaired) electrons. The fourth-order valence-electron chi connectivity index (χ4n) is 2.77. The lowest BCUT2D eigenvalue weighted by Crippen LogP contribution is -1.86. The van der Waals surface area contributed by atoms with Crippen LogP contribution in [0.5, 0.6) is 0 Å². The van der Waals surface area contributed by atoms with E-state index in [0.717, 1.165) is 0 Å². The lowest BCUT2D eigenvalue weighted by molar-refractivity contribution is 1.46. The molecule has 0 heteroatoms. The first-order valence-electron chi connectivity index (χ1n) is 6.06. The SMILES string of the molecule is Cc1ccc2c(c1)cc(C)c1c(C)cccc12. The van der Waals surface area contributed by atoms with Gasteiger partial charge in [0, 0.05) is 0 Å². The molecule has 0 aromatic heterocycles. The number of hydrogen-bond acceptors (Lipinski definition) is 0. The highest BCUT2D eigenvalue weighted by Crippen LogP contribution is 2.30. The van der Waals surface area contributed by atoms with Gasteiger partial charge in [-0.15, -0.1) is 0 Å². The second-order valence-electron chi connectivity index (χ2n) is 4.92. The Bertz CT molecular complexity index is 721. The van der Waals surface area contributed by atoms with Gasteiger partial charge in [0.1, 0.15) is 0 Å². The molecule has 3 aromatic carbocycles. The molecule has 0 spiro atoms. The standard InChI is InChI=1S/C17H16/c1-11-7-8-15-14(9-11)10-13(3)17-12(2)5-4-6-16(15)17/h4-10H,1-3H3. The highest BCUT2D eigenvalue weighted by Gasteiger charge is 2.05. The molecular weight excluding hydrogens is 204 g/mol. The minimum absolute atomic E-state index is 1.32. The van der Waals surface area contributed by atoms with Crippen molar-refractivity contribution in [1.29, 1.82) is 0 Å². The lowest BCUT2D eigenvalue weighted by Gasteiger charge is -2.10. The normalized spacial score (nSPS) is 11.2. The Kier molecular flexibility index (Phi) is 2.19. The van der Waals surface area contributed by atoms with Crippen molar-refractivity contribution in [2.45, 2.75) is 20.8 Å². The molecule has 0 unspecified atom stereocenters. The molecule has 0 aliphatic heterocycles. The van der Waals surface area contributed by atoms with Crippen LogP contribution >= 0.6 is 0 Å². The molecule has 0 heterocycles. The van der Waals surface area contributed by atoms with Crippen molar-refractivity contribution in [1.82, 2.24) is 0 Å². The van der Waals surface area contributed by atoms with E-state index in [1.807, 2.05) is 0 Å². The van der Waals surface area contributed by atoms with Gasteiger partial charge < -0.3 is 0 Å². The zero-order valence-electron chi connectivity index (χ0n) is 10.5. The molecule has 0 aliphatic carbocycles. The molecule has 0 fully saturated rings. The van der Waals surface area contributed by atoms with Gasteiger partial charge in [0.2, 0.25) is 0 Å². The second kappa shape index (κ2) is 3.59. The quantitative estimate of drug-likeness (QED) is 0.472. The summed E-state index contributed by atoms with van der Waals surface area (Å²) in [4.78, 5) is 0. The topological polar surface area (TPSA) is 0 Å². The molecule has 0 bridgehead atoms. The monoisotopic (exact) mass is 220 g/mol. The van der Waals surface area contributed by atoms with Crippen LogP contribution in [0.3, 0.4) is 0 Å². The third-order valence-electron chi connectivity index (χ3n) is 3.54. The van der Waals surface area contributed by atoms with Gasteiger partial charge in [-0.05, 0) is 53.4 Å². The zero-order chi connectivity index (χ0) is 12.0. The second-order valence-corrected chi connectivity index (χ2v) is 4.92. The van der Waals surface area contributed by atoms with E-state index in [9.17, 15) is 0 Å². The van der Waals surface area contributed by atoms with Crippen LogP contribution in [0.25, 0.3) is 21.5 Å². The van der Waals surface area contributed by atoms with Crippen molar-refractivity contribution in [2.24, 2.45) is 0 Å². The van der Waals surface area contributed by atoms with Gasteiger partial charge >= 0.3 is 0 Å². The van der Waals surface area contributed by atoms with Gasteiger partial charge in [-0.2, -0.15) is 0 Å². The Morgan fingerprint density at radius 3 is 2.35 bits per heavy atom. The van der Waals surface area contributed by atoms with Crippen LogP contribution in [0.1, 0.15) is 16.7 Å². The van der Waals surface area contributed by atoms with E-state index in [2.05, 4.69) is 63.2 Å². The molecule has 0 saturated carbocycles. The largest absolute Gasteiger partial charge is 0.0613 e. The molecule has 0 nitrogen and oxygen atoms in total. The highest BCUT2D eigenvalue weighted by molar-refractivity contribution is 6.10. The van der Waals surface area contributed by atoms with Crippen LogP contribution in [-0.2, 0) is 0 Å². The number of fused-ring (bicyclic) bond motifs is 3. The van der Waals surface area contributed by atoms with Gasteiger partial charge in [-0.1, -0.05) is 48.0 Å². The van der Waals surface area contributed by atoms with E-state index in [4.69, 9.17) is 0 Å².